The van der Waals surface area contributed by atoms with Gasteiger partial charge in [0.25, 0.3) is 0 Å². The quantitative estimate of drug-likeness (QED) is 0.772. The van der Waals surface area contributed by atoms with E-state index in [1.165, 1.54) is 6.07 Å². The molecule has 0 aromatic heterocycles. The van der Waals surface area contributed by atoms with E-state index < -0.39 is 0 Å². The fourth-order valence-corrected chi connectivity index (χ4v) is 2.05. The SMILES string of the molecule is CC(=O)C1(Cc2cccc(Cl)c2F)CC1. The first kappa shape index (κ1) is 10.6. The summed E-state index contributed by atoms with van der Waals surface area (Å²) in [5, 5.41) is 0.131. The molecule has 15 heavy (non-hydrogen) atoms. The summed E-state index contributed by atoms with van der Waals surface area (Å²) in [6.07, 6.45) is 2.22. The van der Waals surface area contributed by atoms with Crippen molar-refractivity contribution in [2.45, 2.75) is 26.2 Å². The van der Waals surface area contributed by atoms with Gasteiger partial charge in [-0.25, -0.2) is 4.39 Å². The lowest BCUT2D eigenvalue weighted by Crippen LogP contribution is -2.15. The number of carbonyl (C=O) groups excluding carboxylic acids is 1. The minimum atomic E-state index is -0.383. The molecule has 1 aliphatic rings. The lowest BCUT2D eigenvalue weighted by Gasteiger charge is -2.12. The van der Waals surface area contributed by atoms with Crippen LogP contribution in [0.5, 0.6) is 0 Å². The van der Waals surface area contributed by atoms with E-state index in [0.29, 0.717) is 12.0 Å². The van der Waals surface area contributed by atoms with Crippen LogP contribution in [0.15, 0.2) is 18.2 Å². The second-order valence-corrected chi connectivity index (χ2v) is 4.63. The molecule has 3 heteroatoms. The van der Waals surface area contributed by atoms with Crippen LogP contribution < -0.4 is 0 Å². The van der Waals surface area contributed by atoms with Crippen molar-refractivity contribution < 1.29 is 9.18 Å². The number of Topliss-reactive ketones (excluding diaryl/α,β-unsaturated/α-hetero) is 1. The fraction of sp³-hybridized carbons (Fsp3) is 0.417. The molecule has 0 N–H and O–H groups in total. The summed E-state index contributed by atoms with van der Waals surface area (Å²) >= 11 is 5.68. The van der Waals surface area contributed by atoms with Crippen LogP contribution in [0.1, 0.15) is 25.3 Å². The Morgan fingerprint density at radius 2 is 2.20 bits per heavy atom. The maximum atomic E-state index is 13.6. The van der Waals surface area contributed by atoms with Crippen molar-refractivity contribution in [3.05, 3.63) is 34.6 Å². The van der Waals surface area contributed by atoms with E-state index in [4.69, 9.17) is 11.6 Å². The van der Waals surface area contributed by atoms with Crippen LogP contribution >= 0.6 is 11.6 Å². The Kier molecular flexibility index (Phi) is 2.55. The van der Waals surface area contributed by atoms with Crippen molar-refractivity contribution in [1.29, 1.82) is 0 Å². The molecule has 0 spiro atoms. The zero-order valence-electron chi connectivity index (χ0n) is 8.52. The summed E-state index contributed by atoms with van der Waals surface area (Å²) in [6, 6.07) is 4.94. The molecule has 0 bridgehead atoms. The van der Waals surface area contributed by atoms with Crippen molar-refractivity contribution >= 4 is 17.4 Å². The second-order valence-electron chi connectivity index (χ2n) is 4.23. The molecule has 1 fully saturated rings. The summed E-state index contributed by atoms with van der Waals surface area (Å²) in [5.41, 5.74) is 0.251. The highest BCUT2D eigenvalue weighted by Gasteiger charge is 2.47. The molecule has 0 unspecified atom stereocenters. The molecule has 0 amide bonds. The molecule has 1 saturated carbocycles. The molecule has 1 aromatic rings. The monoisotopic (exact) mass is 226 g/mol. The summed E-state index contributed by atoms with van der Waals surface area (Å²) in [6.45, 7) is 1.58. The first-order valence-corrected chi connectivity index (χ1v) is 5.37. The number of carbonyl (C=O) groups is 1. The number of benzene rings is 1. The van der Waals surface area contributed by atoms with E-state index in [1.54, 1.807) is 19.1 Å². The zero-order chi connectivity index (χ0) is 11.1. The van der Waals surface area contributed by atoms with Crippen LogP contribution in [0.2, 0.25) is 5.02 Å². The highest BCUT2D eigenvalue weighted by atomic mass is 35.5. The van der Waals surface area contributed by atoms with Gasteiger partial charge < -0.3 is 0 Å². The van der Waals surface area contributed by atoms with Gasteiger partial charge in [0.1, 0.15) is 11.6 Å². The Morgan fingerprint density at radius 1 is 1.53 bits per heavy atom. The average molecular weight is 227 g/mol. The normalized spacial score (nSPS) is 17.5. The van der Waals surface area contributed by atoms with Gasteiger partial charge in [0.15, 0.2) is 0 Å². The van der Waals surface area contributed by atoms with E-state index in [1.807, 2.05) is 0 Å². The van der Waals surface area contributed by atoms with Gasteiger partial charge >= 0.3 is 0 Å². The van der Waals surface area contributed by atoms with Crippen LogP contribution in [0, 0.1) is 11.2 Å². The Labute approximate surface area is 93.2 Å². The van der Waals surface area contributed by atoms with Gasteiger partial charge in [0, 0.05) is 5.41 Å². The summed E-state index contributed by atoms with van der Waals surface area (Å²) in [7, 11) is 0. The van der Waals surface area contributed by atoms with Crippen LogP contribution in [-0.4, -0.2) is 5.78 Å². The van der Waals surface area contributed by atoms with Crippen LogP contribution in [0.3, 0.4) is 0 Å². The van der Waals surface area contributed by atoms with Gasteiger partial charge in [0.05, 0.1) is 5.02 Å². The third-order valence-corrected chi connectivity index (χ3v) is 3.45. The molecule has 1 aliphatic carbocycles. The highest BCUT2D eigenvalue weighted by molar-refractivity contribution is 6.30. The third kappa shape index (κ3) is 1.91. The van der Waals surface area contributed by atoms with Crippen molar-refractivity contribution in [1.82, 2.24) is 0 Å². The first-order valence-electron chi connectivity index (χ1n) is 4.99. The maximum absolute atomic E-state index is 13.6. The van der Waals surface area contributed by atoms with Crippen molar-refractivity contribution in [2.24, 2.45) is 5.41 Å². The molecular formula is C12H12ClFO. The topological polar surface area (TPSA) is 17.1 Å². The Bertz CT molecular complexity index is 410. The molecule has 80 valence electrons. The minimum absolute atomic E-state index is 0.131. The summed E-state index contributed by atoms with van der Waals surface area (Å²) in [5.74, 6) is -0.228. The van der Waals surface area contributed by atoms with E-state index in [9.17, 15) is 9.18 Å². The Morgan fingerprint density at radius 3 is 2.73 bits per heavy atom. The van der Waals surface area contributed by atoms with Crippen LogP contribution in [0.4, 0.5) is 4.39 Å². The molecule has 1 nitrogen and oxygen atoms in total. The average Bonchev–Trinajstić information content (AvgIpc) is 2.94. The molecular weight excluding hydrogens is 215 g/mol. The third-order valence-electron chi connectivity index (χ3n) is 3.16. The molecule has 0 aliphatic heterocycles. The maximum Gasteiger partial charge on any atom is 0.145 e. The second kappa shape index (κ2) is 3.60. The lowest BCUT2D eigenvalue weighted by molar-refractivity contribution is -0.121. The predicted octanol–water partition coefficient (Wildman–Crippen LogP) is 3.39. The predicted molar refractivity (Wildman–Crippen MR) is 57.5 cm³/mol. The standard InChI is InChI=1S/C12H12ClFO/c1-8(15)12(5-6-12)7-9-3-2-4-10(13)11(9)14/h2-4H,5-7H2,1H3. The van der Waals surface area contributed by atoms with Gasteiger partial charge in [-0.05, 0) is 37.8 Å². The smallest absolute Gasteiger partial charge is 0.145 e. The number of hydrogen-bond acceptors (Lipinski definition) is 1. The number of halogens is 2. The molecule has 0 atom stereocenters. The van der Waals surface area contributed by atoms with Gasteiger partial charge in [-0.15, -0.1) is 0 Å². The van der Waals surface area contributed by atoms with E-state index in [2.05, 4.69) is 0 Å². The molecule has 1 aromatic carbocycles. The number of hydrogen-bond donors (Lipinski definition) is 0. The minimum Gasteiger partial charge on any atom is -0.299 e. The molecule has 0 radical (unpaired) electrons. The number of rotatable bonds is 3. The van der Waals surface area contributed by atoms with E-state index in [0.717, 1.165) is 12.8 Å². The van der Waals surface area contributed by atoms with E-state index >= 15 is 0 Å². The Balaban J connectivity index is 2.25. The first-order chi connectivity index (χ1) is 7.05. The highest BCUT2D eigenvalue weighted by Crippen LogP contribution is 2.49. The van der Waals surface area contributed by atoms with Crippen molar-refractivity contribution in [2.75, 3.05) is 0 Å². The molecule has 0 saturated heterocycles. The summed E-state index contributed by atoms with van der Waals surface area (Å²) < 4.78 is 13.6. The number of ketones is 1. The van der Waals surface area contributed by atoms with Gasteiger partial charge in [-0.2, -0.15) is 0 Å². The van der Waals surface area contributed by atoms with Gasteiger partial charge in [-0.3, -0.25) is 4.79 Å². The Hall–Kier alpha value is -0.890. The largest absolute Gasteiger partial charge is 0.299 e. The van der Waals surface area contributed by atoms with Gasteiger partial charge in [0.2, 0.25) is 0 Å². The van der Waals surface area contributed by atoms with E-state index in [-0.39, 0.29) is 22.0 Å². The van der Waals surface area contributed by atoms with Crippen molar-refractivity contribution in [3.63, 3.8) is 0 Å². The van der Waals surface area contributed by atoms with Crippen molar-refractivity contribution in [3.8, 4) is 0 Å². The fourth-order valence-electron chi connectivity index (χ4n) is 1.85. The van der Waals surface area contributed by atoms with Crippen LogP contribution in [0.25, 0.3) is 0 Å². The molecule has 2 rings (SSSR count). The lowest BCUT2D eigenvalue weighted by atomic mass is 9.93. The summed E-state index contributed by atoms with van der Waals surface area (Å²) in [4.78, 5) is 11.4. The molecule has 0 heterocycles. The van der Waals surface area contributed by atoms with Crippen LogP contribution in [-0.2, 0) is 11.2 Å². The zero-order valence-corrected chi connectivity index (χ0v) is 9.27. The van der Waals surface area contributed by atoms with Gasteiger partial charge in [-0.1, -0.05) is 23.7 Å².